The van der Waals surface area contributed by atoms with E-state index in [0.29, 0.717) is 40.8 Å². The highest BCUT2D eigenvalue weighted by Crippen LogP contribution is 2.41. The molecule has 1 aliphatic carbocycles. The molecule has 1 heterocycles. The monoisotopic (exact) mass is 493 g/mol. The summed E-state index contributed by atoms with van der Waals surface area (Å²) in [5.41, 5.74) is 3.12. The first-order valence-electron chi connectivity index (χ1n) is 11.7. The molecule has 8 heteroatoms. The Bertz CT molecular complexity index is 1210. The zero-order valence-electron chi connectivity index (χ0n) is 19.6. The van der Waals surface area contributed by atoms with Crippen LogP contribution in [0.4, 0.5) is 4.39 Å². The third-order valence-corrected chi connectivity index (χ3v) is 7.29. The molecular weight excluding hydrogens is 465 g/mol. The molecular formula is C27H28FN3O3S. The number of aliphatic carboxylic acids is 1. The average molecular weight is 494 g/mol. The Morgan fingerprint density at radius 1 is 1.20 bits per heavy atom. The molecule has 3 aromatic rings. The standard InChI is InChI=1S/C27H28FN3O3S/c1-35-27-25(22-13-20(14-29)11-12-23(22)28)26(21-5-3-2-4-6-21)30-31(27)15-18-7-9-19(10-8-18)16-34-17-24(32)33/h2-6,11-13,18-19H,7-10,15-17H2,1H3,(H,32,33)/t18-,19-. The lowest BCUT2D eigenvalue weighted by atomic mass is 9.82. The van der Waals surface area contributed by atoms with Gasteiger partial charge in [0.05, 0.1) is 18.2 Å². The van der Waals surface area contributed by atoms with Gasteiger partial charge in [-0.25, -0.2) is 9.18 Å². The van der Waals surface area contributed by atoms with E-state index in [9.17, 15) is 10.1 Å². The summed E-state index contributed by atoms with van der Waals surface area (Å²) < 4.78 is 22.3. The van der Waals surface area contributed by atoms with E-state index in [1.165, 1.54) is 23.9 Å². The number of halogens is 1. The summed E-state index contributed by atoms with van der Waals surface area (Å²) in [6.45, 7) is 0.949. The van der Waals surface area contributed by atoms with Gasteiger partial charge >= 0.3 is 5.97 Å². The molecule has 6 nitrogen and oxygen atoms in total. The Balaban J connectivity index is 1.62. The molecule has 0 spiro atoms. The fourth-order valence-electron chi connectivity index (χ4n) is 4.74. The van der Waals surface area contributed by atoms with E-state index in [2.05, 4.69) is 6.07 Å². The SMILES string of the molecule is CSc1c(-c2cc(C#N)ccc2F)c(-c2ccccc2)nn1C[C@H]1CC[C@H](COCC(=O)O)CC1. The first-order chi connectivity index (χ1) is 17.0. The van der Waals surface area contributed by atoms with E-state index in [4.69, 9.17) is 14.9 Å². The number of carbonyl (C=O) groups is 1. The molecule has 182 valence electrons. The first-order valence-corrected chi connectivity index (χ1v) is 12.9. The van der Waals surface area contributed by atoms with Crippen molar-refractivity contribution >= 4 is 17.7 Å². The largest absolute Gasteiger partial charge is 0.480 e. The lowest BCUT2D eigenvalue weighted by Crippen LogP contribution is -2.23. The van der Waals surface area contributed by atoms with Crippen molar-refractivity contribution < 1.29 is 19.0 Å². The van der Waals surface area contributed by atoms with Crippen molar-refractivity contribution in [2.24, 2.45) is 11.8 Å². The Hall–Kier alpha value is -3.15. The van der Waals surface area contributed by atoms with Gasteiger partial charge in [-0.05, 0) is 62.0 Å². The van der Waals surface area contributed by atoms with Gasteiger partial charge in [0.15, 0.2) is 0 Å². The normalized spacial score (nSPS) is 17.7. The molecule has 0 atom stereocenters. The van der Waals surface area contributed by atoms with E-state index in [0.717, 1.165) is 42.8 Å². The maximum absolute atomic E-state index is 15.1. The zero-order valence-corrected chi connectivity index (χ0v) is 20.4. The van der Waals surface area contributed by atoms with Gasteiger partial charge in [0.25, 0.3) is 0 Å². The van der Waals surface area contributed by atoms with E-state index < -0.39 is 5.97 Å². The molecule has 1 saturated carbocycles. The minimum absolute atomic E-state index is 0.251. The number of aromatic nitrogens is 2. The third kappa shape index (κ3) is 5.92. The second-order valence-corrected chi connectivity index (χ2v) is 9.68. The molecule has 1 fully saturated rings. The minimum Gasteiger partial charge on any atom is -0.480 e. The Morgan fingerprint density at radius 3 is 2.57 bits per heavy atom. The van der Waals surface area contributed by atoms with E-state index >= 15 is 4.39 Å². The van der Waals surface area contributed by atoms with Gasteiger partial charge in [0.2, 0.25) is 0 Å². The predicted octanol–water partition coefficient (Wildman–Crippen LogP) is 5.86. The quantitative estimate of drug-likeness (QED) is 0.376. The molecule has 4 rings (SSSR count). The van der Waals surface area contributed by atoms with Crippen LogP contribution in [0.25, 0.3) is 22.4 Å². The Labute approximate surface area is 208 Å². The number of nitrogens with zero attached hydrogens (tertiary/aromatic N) is 3. The fraction of sp³-hybridized carbons (Fsp3) is 0.370. The molecule has 0 unspecified atom stereocenters. The molecule has 0 saturated heterocycles. The van der Waals surface area contributed by atoms with Crippen LogP contribution in [0.5, 0.6) is 0 Å². The minimum atomic E-state index is -0.941. The molecule has 0 bridgehead atoms. The highest BCUT2D eigenvalue weighted by molar-refractivity contribution is 7.98. The van der Waals surface area contributed by atoms with Gasteiger partial charge in [-0.2, -0.15) is 10.4 Å². The van der Waals surface area contributed by atoms with Gasteiger partial charge < -0.3 is 9.84 Å². The van der Waals surface area contributed by atoms with Crippen molar-refractivity contribution in [3.05, 3.63) is 59.9 Å². The van der Waals surface area contributed by atoms with Crippen molar-refractivity contribution in [1.29, 1.82) is 5.26 Å². The van der Waals surface area contributed by atoms with Crippen LogP contribution in [0.15, 0.2) is 53.6 Å². The topological polar surface area (TPSA) is 88.1 Å². The third-order valence-electron chi connectivity index (χ3n) is 6.49. The van der Waals surface area contributed by atoms with Crippen LogP contribution in [0.2, 0.25) is 0 Å². The number of thioether (sulfide) groups is 1. The van der Waals surface area contributed by atoms with E-state index in [1.54, 1.807) is 6.07 Å². The van der Waals surface area contributed by atoms with Crippen molar-refractivity contribution in [3.8, 4) is 28.5 Å². The summed E-state index contributed by atoms with van der Waals surface area (Å²) in [6.07, 6.45) is 5.94. The molecule has 1 N–H and O–H groups in total. The number of nitriles is 1. The summed E-state index contributed by atoms with van der Waals surface area (Å²) >= 11 is 1.53. The van der Waals surface area contributed by atoms with Crippen molar-refractivity contribution in [2.75, 3.05) is 19.5 Å². The van der Waals surface area contributed by atoms with E-state index in [-0.39, 0.29) is 12.4 Å². The number of hydrogen-bond acceptors (Lipinski definition) is 5. The van der Waals surface area contributed by atoms with Crippen LogP contribution in [-0.2, 0) is 16.1 Å². The highest BCUT2D eigenvalue weighted by Gasteiger charge is 2.27. The van der Waals surface area contributed by atoms with Gasteiger partial charge in [-0.15, -0.1) is 11.8 Å². The number of hydrogen-bond donors (Lipinski definition) is 1. The van der Waals surface area contributed by atoms with Crippen LogP contribution in [0, 0.1) is 29.0 Å². The second kappa shape index (κ2) is 11.5. The lowest BCUT2D eigenvalue weighted by molar-refractivity contribution is -0.142. The van der Waals surface area contributed by atoms with Crippen LogP contribution in [0.1, 0.15) is 31.2 Å². The van der Waals surface area contributed by atoms with E-state index in [1.807, 2.05) is 41.3 Å². The molecule has 35 heavy (non-hydrogen) atoms. The molecule has 1 aromatic heterocycles. The van der Waals surface area contributed by atoms with Gasteiger partial charge in [0.1, 0.15) is 23.1 Å². The summed E-state index contributed by atoms with van der Waals surface area (Å²) in [5.74, 6) is -0.522. The smallest absolute Gasteiger partial charge is 0.329 e. The van der Waals surface area contributed by atoms with Crippen molar-refractivity contribution in [2.45, 2.75) is 37.3 Å². The molecule has 2 aromatic carbocycles. The van der Waals surface area contributed by atoms with Crippen molar-refractivity contribution in [3.63, 3.8) is 0 Å². The van der Waals surface area contributed by atoms with Crippen LogP contribution in [-0.4, -0.2) is 40.3 Å². The summed E-state index contributed by atoms with van der Waals surface area (Å²) in [7, 11) is 0. The Morgan fingerprint density at radius 2 is 1.91 bits per heavy atom. The van der Waals surface area contributed by atoms with Crippen LogP contribution in [0.3, 0.4) is 0 Å². The van der Waals surface area contributed by atoms with Gasteiger partial charge in [0, 0.05) is 23.2 Å². The summed E-state index contributed by atoms with van der Waals surface area (Å²) in [4.78, 5) is 10.7. The molecule has 0 amide bonds. The lowest BCUT2D eigenvalue weighted by Gasteiger charge is -2.28. The summed E-state index contributed by atoms with van der Waals surface area (Å²) in [6, 6.07) is 16.3. The maximum atomic E-state index is 15.1. The highest BCUT2D eigenvalue weighted by atomic mass is 32.2. The maximum Gasteiger partial charge on any atom is 0.329 e. The number of carboxylic acid groups (broad SMARTS) is 1. The number of rotatable bonds is 9. The average Bonchev–Trinajstić information content (AvgIpc) is 3.23. The second-order valence-electron chi connectivity index (χ2n) is 8.88. The first kappa shape index (κ1) is 25.0. The molecule has 1 aliphatic rings. The Kier molecular flexibility index (Phi) is 8.21. The van der Waals surface area contributed by atoms with Gasteiger partial charge in [-0.3, -0.25) is 4.68 Å². The van der Waals surface area contributed by atoms with Crippen molar-refractivity contribution in [1.82, 2.24) is 9.78 Å². The number of ether oxygens (including phenoxy) is 1. The van der Waals surface area contributed by atoms with Crippen LogP contribution < -0.4 is 0 Å². The molecule has 0 radical (unpaired) electrons. The van der Waals surface area contributed by atoms with Gasteiger partial charge in [-0.1, -0.05) is 30.3 Å². The zero-order chi connectivity index (χ0) is 24.8. The number of benzene rings is 2. The molecule has 0 aliphatic heterocycles. The predicted molar refractivity (Wildman–Crippen MR) is 133 cm³/mol. The summed E-state index contributed by atoms with van der Waals surface area (Å²) in [5, 5.41) is 24.0. The van der Waals surface area contributed by atoms with Crippen LogP contribution >= 0.6 is 11.8 Å². The number of carboxylic acids is 1. The fourth-order valence-corrected chi connectivity index (χ4v) is 5.48.